The van der Waals surface area contributed by atoms with E-state index in [0.717, 1.165) is 0 Å². The Morgan fingerprint density at radius 2 is 2.19 bits per heavy atom. The van der Waals surface area contributed by atoms with Crippen LogP contribution in [0, 0.1) is 0 Å². The zero-order valence-electron chi connectivity index (χ0n) is 8.75. The van der Waals surface area contributed by atoms with Crippen LogP contribution in [0.15, 0.2) is 30.5 Å². The SMILES string of the molecule is COc1ccccc1C(O)c1cnc(N)s1. The number of nitrogens with two attached hydrogens (primary N) is 1. The molecule has 0 bridgehead atoms. The molecule has 0 fully saturated rings. The summed E-state index contributed by atoms with van der Waals surface area (Å²) in [6.07, 6.45) is 0.836. The highest BCUT2D eigenvalue weighted by atomic mass is 32.1. The second kappa shape index (κ2) is 4.51. The molecule has 4 nitrogen and oxygen atoms in total. The molecule has 1 atom stereocenters. The van der Waals surface area contributed by atoms with Crippen LogP contribution in [0.2, 0.25) is 0 Å². The van der Waals surface area contributed by atoms with Gasteiger partial charge in [0.1, 0.15) is 11.9 Å². The molecule has 0 aliphatic rings. The van der Waals surface area contributed by atoms with Gasteiger partial charge >= 0.3 is 0 Å². The predicted octanol–water partition coefficient (Wildman–Crippen LogP) is 1.82. The van der Waals surface area contributed by atoms with Gasteiger partial charge in [-0.2, -0.15) is 0 Å². The standard InChI is InChI=1S/C11H12N2O2S/c1-15-8-5-3-2-4-7(8)10(14)9-6-13-11(12)16-9/h2-6,10,14H,1H3,(H2,12,13). The number of thiazole rings is 1. The maximum absolute atomic E-state index is 10.2. The van der Waals surface area contributed by atoms with E-state index in [9.17, 15) is 5.11 Å². The first-order valence-electron chi connectivity index (χ1n) is 4.74. The normalized spacial score (nSPS) is 12.4. The van der Waals surface area contributed by atoms with Crippen LogP contribution in [0.5, 0.6) is 5.75 Å². The number of hydrogen-bond acceptors (Lipinski definition) is 5. The fraction of sp³-hybridized carbons (Fsp3) is 0.182. The molecule has 0 spiro atoms. The summed E-state index contributed by atoms with van der Waals surface area (Å²) in [4.78, 5) is 4.62. The van der Waals surface area contributed by atoms with Crippen molar-refractivity contribution >= 4 is 16.5 Å². The lowest BCUT2D eigenvalue weighted by molar-refractivity contribution is 0.218. The molecule has 1 aromatic heterocycles. The van der Waals surface area contributed by atoms with Crippen LogP contribution in [-0.4, -0.2) is 17.2 Å². The lowest BCUT2D eigenvalue weighted by Crippen LogP contribution is -2.00. The van der Waals surface area contributed by atoms with E-state index in [2.05, 4.69) is 4.98 Å². The molecule has 3 N–H and O–H groups in total. The van der Waals surface area contributed by atoms with E-state index in [1.807, 2.05) is 24.3 Å². The summed E-state index contributed by atoms with van der Waals surface area (Å²) in [7, 11) is 1.58. The molecule has 0 aliphatic carbocycles. The molecule has 1 aromatic carbocycles. The van der Waals surface area contributed by atoms with Gasteiger partial charge < -0.3 is 15.6 Å². The molecular weight excluding hydrogens is 224 g/mol. The number of hydrogen-bond donors (Lipinski definition) is 2. The number of rotatable bonds is 3. The van der Waals surface area contributed by atoms with Gasteiger partial charge in [0, 0.05) is 11.8 Å². The van der Waals surface area contributed by atoms with Crippen molar-refractivity contribution in [1.29, 1.82) is 0 Å². The van der Waals surface area contributed by atoms with Crippen molar-refractivity contribution in [3.05, 3.63) is 40.9 Å². The zero-order valence-corrected chi connectivity index (χ0v) is 9.57. The quantitative estimate of drug-likeness (QED) is 0.853. The van der Waals surface area contributed by atoms with Crippen LogP contribution in [0.4, 0.5) is 5.13 Å². The number of aliphatic hydroxyl groups is 1. The average Bonchev–Trinajstić information content (AvgIpc) is 2.75. The van der Waals surface area contributed by atoms with Crippen LogP contribution < -0.4 is 10.5 Å². The lowest BCUT2D eigenvalue weighted by atomic mass is 10.1. The average molecular weight is 236 g/mol. The number of nitrogens with zero attached hydrogens (tertiary/aromatic N) is 1. The first-order chi connectivity index (χ1) is 7.72. The summed E-state index contributed by atoms with van der Waals surface area (Å²) < 4.78 is 5.19. The van der Waals surface area contributed by atoms with Gasteiger partial charge in [0.25, 0.3) is 0 Å². The first kappa shape index (κ1) is 10.9. The third-order valence-electron chi connectivity index (χ3n) is 2.24. The molecule has 1 unspecified atom stereocenters. The van der Waals surface area contributed by atoms with E-state index >= 15 is 0 Å². The number of methoxy groups -OCH3 is 1. The Kier molecular flexibility index (Phi) is 3.07. The Morgan fingerprint density at radius 1 is 1.44 bits per heavy atom. The van der Waals surface area contributed by atoms with E-state index in [4.69, 9.17) is 10.5 Å². The second-order valence-corrected chi connectivity index (χ2v) is 4.34. The summed E-state index contributed by atoms with van der Waals surface area (Å²) in [5, 5.41) is 10.6. The van der Waals surface area contributed by atoms with Crippen LogP contribution in [0.3, 0.4) is 0 Å². The minimum atomic E-state index is -0.744. The van der Waals surface area contributed by atoms with Crippen molar-refractivity contribution in [2.75, 3.05) is 12.8 Å². The molecule has 84 valence electrons. The Balaban J connectivity index is 2.36. The van der Waals surface area contributed by atoms with Gasteiger partial charge in [-0.25, -0.2) is 4.98 Å². The highest BCUT2D eigenvalue weighted by molar-refractivity contribution is 7.15. The van der Waals surface area contributed by atoms with Crippen molar-refractivity contribution in [3.8, 4) is 5.75 Å². The molecule has 0 aliphatic heterocycles. The number of nitrogen functional groups attached to an aromatic ring is 1. The molecule has 5 heteroatoms. The van der Waals surface area contributed by atoms with Gasteiger partial charge in [0.15, 0.2) is 5.13 Å². The Labute approximate surface area is 97.3 Å². The minimum absolute atomic E-state index is 0.448. The van der Waals surface area contributed by atoms with Gasteiger partial charge in [0.05, 0.1) is 12.0 Å². The fourth-order valence-electron chi connectivity index (χ4n) is 1.47. The summed E-state index contributed by atoms with van der Waals surface area (Å²) in [6.45, 7) is 0. The van der Waals surface area contributed by atoms with Crippen molar-refractivity contribution in [1.82, 2.24) is 4.98 Å². The molecule has 2 aromatic rings. The van der Waals surface area contributed by atoms with E-state index in [0.29, 0.717) is 21.3 Å². The van der Waals surface area contributed by atoms with Crippen molar-refractivity contribution < 1.29 is 9.84 Å². The van der Waals surface area contributed by atoms with E-state index < -0.39 is 6.10 Å². The van der Waals surface area contributed by atoms with E-state index in [1.54, 1.807) is 13.3 Å². The maximum Gasteiger partial charge on any atom is 0.180 e. The molecule has 0 radical (unpaired) electrons. The fourth-order valence-corrected chi connectivity index (χ4v) is 2.16. The van der Waals surface area contributed by atoms with Crippen molar-refractivity contribution in [2.24, 2.45) is 0 Å². The lowest BCUT2D eigenvalue weighted by Gasteiger charge is -2.12. The molecule has 16 heavy (non-hydrogen) atoms. The Hall–Kier alpha value is -1.59. The van der Waals surface area contributed by atoms with Crippen LogP contribution in [0.25, 0.3) is 0 Å². The molecule has 0 saturated carbocycles. The summed E-state index contributed by atoms with van der Waals surface area (Å²) in [5.41, 5.74) is 6.25. The zero-order chi connectivity index (χ0) is 11.5. The number of anilines is 1. The monoisotopic (exact) mass is 236 g/mol. The number of ether oxygens (including phenoxy) is 1. The van der Waals surface area contributed by atoms with Crippen LogP contribution >= 0.6 is 11.3 Å². The topological polar surface area (TPSA) is 68.4 Å². The van der Waals surface area contributed by atoms with Gasteiger partial charge in [-0.1, -0.05) is 29.5 Å². The van der Waals surface area contributed by atoms with Gasteiger partial charge in [-0.3, -0.25) is 0 Å². The van der Waals surface area contributed by atoms with Gasteiger partial charge in [0.2, 0.25) is 0 Å². The maximum atomic E-state index is 10.2. The summed E-state index contributed by atoms with van der Waals surface area (Å²) in [5.74, 6) is 0.655. The molecule has 1 heterocycles. The Bertz CT molecular complexity index is 484. The van der Waals surface area contributed by atoms with Gasteiger partial charge in [-0.05, 0) is 6.07 Å². The van der Waals surface area contributed by atoms with Crippen molar-refractivity contribution in [3.63, 3.8) is 0 Å². The largest absolute Gasteiger partial charge is 0.496 e. The molecule has 0 amide bonds. The van der Waals surface area contributed by atoms with Crippen LogP contribution in [0.1, 0.15) is 16.5 Å². The predicted molar refractivity (Wildman–Crippen MR) is 63.6 cm³/mol. The molecule has 2 rings (SSSR count). The number of aliphatic hydroxyl groups excluding tert-OH is 1. The van der Waals surface area contributed by atoms with E-state index in [1.165, 1.54) is 11.3 Å². The number of para-hydroxylation sites is 1. The highest BCUT2D eigenvalue weighted by Crippen LogP contribution is 2.32. The molecular formula is C11H12N2O2S. The van der Waals surface area contributed by atoms with Crippen molar-refractivity contribution in [2.45, 2.75) is 6.10 Å². The minimum Gasteiger partial charge on any atom is -0.496 e. The highest BCUT2D eigenvalue weighted by Gasteiger charge is 2.16. The number of benzene rings is 1. The van der Waals surface area contributed by atoms with Crippen LogP contribution in [-0.2, 0) is 0 Å². The van der Waals surface area contributed by atoms with E-state index in [-0.39, 0.29) is 0 Å². The summed E-state index contributed by atoms with van der Waals surface area (Å²) >= 11 is 1.27. The second-order valence-electron chi connectivity index (χ2n) is 3.25. The summed E-state index contributed by atoms with van der Waals surface area (Å²) in [6, 6.07) is 7.34. The third kappa shape index (κ3) is 2.00. The Morgan fingerprint density at radius 3 is 2.81 bits per heavy atom. The third-order valence-corrected chi connectivity index (χ3v) is 3.12. The smallest absolute Gasteiger partial charge is 0.180 e. The first-order valence-corrected chi connectivity index (χ1v) is 5.56. The molecule has 0 saturated heterocycles. The number of aromatic nitrogens is 1. The van der Waals surface area contributed by atoms with Gasteiger partial charge in [-0.15, -0.1) is 0 Å².